The van der Waals surface area contributed by atoms with E-state index >= 15 is 0 Å². The van der Waals surface area contributed by atoms with E-state index in [1.165, 1.54) is 0 Å². The number of methoxy groups -OCH3 is 2. The minimum atomic E-state index is 0.330. The zero-order valence-corrected chi connectivity index (χ0v) is 9.04. The third-order valence-corrected chi connectivity index (χ3v) is 2.49. The Morgan fingerprint density at radius 1 is 1.33 bits per heavy atom. The highest BCUT2D eigenvalue weighted by molar-refractivity contribution is 5.73. The fraction of sp³-hybridized carbons (Fsp3) is 0.455. The maximum Gasteiger partial charge on any atom is 0.121 e. The second-order valence-electron chi connectivity index (χ2n) is 3.59. The number of benzene rings is 1. The SMILES string of the molecule is COCC1CNc2cc(OC)ccc2N1. The molecule has 0 aliphatic carbocycles. The van der Waals surface area contributed by atoms with Crippen molar-refractivity contribution in [1.82, 2.24) is 0 Å². The quantitative estimate of drug-likeness (QED) is 0.791. The molecule has 2 N–H and O–H groups in total. The van der Waals surface area contributed by atoms with Crippen molar-refractivity contribution in [1.29, 1.82) is 0 Å². The van der Waals surface area contributed by atoms with Crippen LogP contribution < -0.4 is 15.4 Å². The molecule has 1 atom stereocenters. The predicted molar refractivity (Wildman–Crippen MR) is 60.8 cm³/mol. The first kappa shape index (κ1) is 10.1. The van der Waals surface area contributed by atoms with E-state index in [1.807, 2.05) is 18.2 Å². The molecule has 4 heteroatoms. The van der Waals surface area contributed by atoms with Crippen LogP contribution in [0.5, 0.6) is 5.75 Å². The van der Waals surface area contributed by atoms with Crippen molar-refractivity contribution in [2.45, 2.75) is 6.04 Å². The van der Waals surface area contributed by atoms with Gasteiger partial charge in [-0.3, -0.25) is 0 Å². The van der Waals surface area contributed by atoms with Gasteiger partial charge in [0.25, 0.3) is 0 Å². The smallest absolute Gasteiger partial charge is 0.121 e. The molecular formula is C11H16N2O2. The van der Waals surface area contributed by atoms with Crippen LogP contribution in [-0.2, 0) is 4.74 Å². The third kappa shape index (κ3) is 2.15. The average molecular weight is 208 g/mol. The number of rotatable bonds is 3. The van der Waals surface area contributed by atoms with Gasteiger partial charge in [0.15, 0.2) is 0 Å². The Morgan fingerprint density at radius 2 is 2.20 bits per heavy atom. The maximum absolute atomic E-state index is 5.16. The Kier molecular flexibility index (Phi) is 2.97. The number of fused-ring (bicyclic) bond motifs is 1. The van der Waals surface area contributed by atoms with Gasteiger partial charge in [-0.15, -0.1) is 0 Å². The van der Waals surface area contributed by atoms with Gasteiger partial charge in [0.05, 0.1) is 31.1 Å². The number of hydrogen-bond donors (Lipinski definition) is 2. The summed E-state index contributed by atoms with van der Waals surface area (Å²) in [7, 11) is 3.39. The summed E-state index contributed by atoms with van der Waals surface area (Å²) in [6.07, 6.45) is 0. The molecule has 1 unspecified atom stereocenters. The van der Waals surface area contributed by atoms with Crippen molar-refractivity contribution in [3.05, 3.63) is 18.2 Å². The van der Waals surface area contributed by atoms with Gasteiger partial charge < -0.3 is 20.1 Å². The lowest BCUT2D eigenvalue weighted by Gasteiger charge is -2.28. The molecule has 1 aromatic carbocycles. The van der Waals surface area contributed by atoms with Crippen LogP contribution in [0.25, 0.3) is 0 Å². The molecule has 0 amide bonds. The van der Waals surface area contributed by atoms with Crippen molar-refractivity contribution >= 4 is 11.4 Å². The zero-order valence-electron chi connectivity index (χ0n) is 9.04. The van der Waals surface area contributed by atoms with E-state index in [4.69, 9.17) is 9.47 Å². The van der Waals surface area contributed by atoms with Crippen molar-refractivity contribution in [2.75, 3.05) is 38.0 Å². The van der Waals surface area contributed by atoms with Gasteiger partial charge in [-0.25, -0.2) is 0 Å². The number of nitrogens with one attached hydrogen (secondary N) is 2. The van der Waals surface area contributed by atoms with Gasteiger partial charge in [0, 0.05) is 19.7 Å². The molecule has 0 radical (unpaired) electrons. The van der Waals surface area contributed by atoms with E-state index in [9.17, 15) is 0 Å². The van der Waals surface area contributed by atoms with Crippen molar-refractivity contribution in [3.63, 3.8) is 0 Å². The Balaban J connectivity index is 2.13. The third-order valence-electron chi connectivity index (χ3n) is 2.49. The van der Waals surface area contributed by atoms with Gasteiger partial charge in [-0.2, -0.15) is 0 Å². The highest BCUT2D eigenvalue weighted by Gasteiger charge is 2.16. The minimum absolute atomic E-state index is 0.330. The van der Waals surface area contributed by atoms with E-state index in [2.05, 4.69) is 10.6 Å². The van der Waals surface area contributed by atoms with Crippen LogP contribution in [-0.4, -0.2) is 33.4 Å². The number of anilines is 2. The summed E-state index contributed by atoms with van der Waals surface area (Å²) >= 11 is 0. The van der Waals surface area contributed by atoms with Crippen LogP contribution in [0.4, 0.5) is 11.4 Å². The van der Waals surface area contributed by atoms with Crippen molar-refractivity contribution in [2.24, 2.45) is 0 Å². The molecule has 1 heterocycles. The van der Waals surface area contributed by atoms with Crippen LogP contribution in [0.3, 0.4) is 0 Å². The molecule has 82 valence electrons. The molecule has 1 aromatic rings. The second-order valence-corrected chi connectivity index (χ2v) is 3.59. The molecule has 0 spiro atoms. The standard InChI is InChI=1S/C11H16N2O2/c1-14-7-8-6-12-11-5-9(15-2)3-4-10(11)13-8/h3-5,8,12-13H,6-7H2,1-2H3. The minimum Gasteiger partial charge on any atom is -0.497 e. The Morgan fingerprint density at radius 3 is 2.93 bits per heavy atom. The molecule has 1 aliphatic heterocycles. The van der Waals surface area contributed by atoms with E-state index in [1.54, 1.807) is 14.2 Å². The molecule has 0 aromatic heterocycles. The molecular weight excluding hydrogens is 192 g/mol. The van der Waals surface area contributed by atoms with Gasteiger partial charge in [0.1, 0.15) is 5.75 Å². The highest BCUT2D eigenvalue weighted by atomic mass is 16.5. The molecule has 15 heavy (non-hydrogen) atoms. The first-order chi connectivity index (χ1) is 7.33. The summed E-state index contributed by atoms with van der Waals surface area (Å²) in [5, 5.41) is 6.76. The number of hydrogen-bond acceptors (Lipinski definition) is 4. The maximum atomic E-state index is 5.16. The van der Waals surface area contributed by atoms with E-state index in [0.29, 0.717) is 12.6 Å². The summed E-state index contributed by atoms with van der Waals surface area (Å²) in [6.45, 7) is 1.58. The van der Waals surface area contributed by atoms with Crippen molar-refractivity contribution < 1.29 is 9.47 Å². The number of ether oxygens (including phenoxy) is 2. The largest absolute Gasteiger partial charge is 0.497 e. The van der Waals surface area contributed by atoms with Gasteiger partial charge >= 0.3 is 0 Å². The lowest BCUT2D eigenvalue weighted by atomic mass is 10.1. The Hall–Kier alpha value is -1.42. The van der Waals surface area contributed by atoms with Crippen LogP contribution in [0, 0.1) is 0 Å². The molecule has 0 saturated heterocycles. The highest BCUT2D eigenvalue weighted by Crippen LogP contribution is 2.29. The average Bonchev–Trinajstić information content (AvgIpc) is 2.29. The Labute approximate surface area is 89.6 Å². The molecule has 0 fully saturated rings. The fourth-order valence-corrected chi connectivity index (χ4v) is 1.73. The van der Waals surface area contributed by atoms with Gasteiger partial charge in [-0.05, 0) is 12.1 Å². The zero-order chi connectivity index (χ0) is 10.7. The van der Waals surface area contributed by atoms with E-state index < -0.39 is 0 Å². The predicted octanol–water partition coefficient (Wildman–Crippen LogP) is 1.55. The van der Waals surface area contributed by atoms with Crippen LogP contribution in [0.15, 0.2) is 18.2 Å². The molecule has 0 bridgehead atoms. The topological polar surface area (TPSA) is 42.5 Å². The van der Waals surface area contributed by atoms with E-state index in [0.717, 1.165) is 23.7 Å². The summed E-state index contributed by atoms with van der Waals surface area (Å²) in [5.74, 6) is 0.869. The summed E-state index contributed by atoms with van der Waals surface area (Å²) < 4.78 is 10.3. The van der Waals surface area contributed by atoms with Crippen LogP contribution in [0.2, 0.25) is 0 Å². The molecule has 2 rings (SSSR count). The Bertz CT molecular complexity index is 341. The van der Waals surface area contributed by atoms with Gasteiger partial charge in [-0.1, -0.05) is 0 Å². The second kappa shape index (κ2) is 4.40. The summed E-state index contributed by atoms with van der Waals surface area (Å²) in [5.41, 5.74) is 2.19. The first-order valence-electron chi connectivity index (χ1n) is 5.01. The van der Waals surface area contributed by atoms with Crippen LogP contribution in [0.1, 0.15) is 0 Å². The monoisotopic (exact) mass is 208 g/mol. The lowest BCUT2D eigenvalue weighted by molar-refractivity contribution is 0.188. The van der Waals surface area contributed by atoms with Gasteiger partial charge in [0.2, 0.25) is 0 Å². The molecule has 0 saturated carbocycles. The lowest BCUT2D eigenvalue weighted by Crippen LogP contribution is -2.36. The van der Waals surface area contributed by atoms with Crippen molar-refractivity contribution in [3.8, 4) is 5.75 Å². The summed E-state index contributed by atoms with van der Waals surface area (Å²) in [4.78, 5) is 0. The van der Waals surface area contributed by atoms with Crippen LogP contribution >= 0.6 is 0 Å². The summed E-state index contributed by atoms with van der Waals surface area (Å²) in [6, 6.07) is 6.28. The first-order valence-corrected chi connectivity index (χ1v) is 5.01. The van der Waals surface area contributed by atoms with E-state index in [-0.39, 0.29) is 0 Å². The molecule has 1 aliphatic rings. The molecule has 4 nitrogen and oxygen atoms in total. The fourth-order valence-electron chi connectivity index (χ4n) is 1.73. The normalized spacial score (nSPS) is 18.7.